The highest BCUT2D eigenvalue weighted by atomic mass is 19.1. The number of likely N-dealkylation sites (tertiary alicyclic amines) is 1. The van der Waals surface area contributed by atoms with Gasteiger partial charge in [-0.1, -0.05) is 30.3 Å². The number of halogens is 1. The normalized spacial score (nSPS) is 16.1. The number of nitrogens with one attached hydrogen (secondary N) is 1. The van der Waals surface area contributed by atoms with E-state index < -0.39 is 17.8 Å². The number of alkyl carbamates (subject to hydrolysis) is 1. The number of hydrogen-bond donors (Lipinski definition) is 1. The quantitative estimate of drug-likeness (QED) is 0.876. The molecule has 1 heterocycles. The summed E-state index contributed by atoms with van der Waals surface area (Å²) >= 11 is 0. The van der Waals surface area contributed by atoms with Crippen LogP contribution in [0.15, 0.2) is 48.5 Å². The summed E-state index contributed by atoms with van der Waals surface area (Å²) in [7, 11) is 1.46. The highest BCUT2D eigenvalue weighted by Gasteiger charge is 2.29. The molecule has 0 radical (unpaired) electrons. The largest absolute Gasteiger partial charge is 0.497 e. The molecule has 2 aromatic rings. The van der Waals surface area contributed by atoms with Crippen molar-refractivity contribution in [1.82, 2.24) is 10.2 Å². The fourth-order valence-electron chi connectivity index (χ4n) is 2.96. The molecule has 1 aliphatic rings. The zero-order valence-electron chi connectivity index (χ0n) is 15.0. The Morgan fingerprint density at radius 1 is 1.22 bits per heavy atom. The Kier molecular flexibility index (Phi) is 5.90. The molecule has 0 saturated carbocycles. The molecule has 1 fully saturated rings. The van der Waals surface area contributed by atoms with Gasteiger partial charge < -0.3 is 19.7 Å². The lowest BCUT2D eigenvalue weighted by atomic mass is 10.1. The third-order valence-electron chi connectivity index (χ3n) is 4.41. The van der Waals surface area contributed by atoms with Crippen LogP contribution in [0.25, 0.3) is 0 Å². The summed E-state index contributed by atoms with van der Waals surface area (Å²) < 4.78 is 24.2. The summed E-state index contributed by atoms with van der Waals surface area (Å²) in [6.07, 6.45) is 0.0447. The van der Waals surface area contributed by atoms with Gasteiger partial charge in [-0.25, -0.2) is 9.18 Å². The molecule has 1 N–H and O–H groups in total. The van der Waals surface area contributed by atoms with E-state index in [2.05, 4.69) is 5.32 Å². The predicted octanol–water partition coefficient (Wildman–Crippen LogP) is 2.98. The molecular formula is C20H21FN2O4. The lowest BCUT2D eigenvalue weighted by Gasteiger charge is -2.18. The Balaban J connectivity index is 1.52. The second-order valence-corrected chi connectivity index (χ2v) is 6.29. The van der Waals surface area contributed by atoms with Gasteiger partial charge in [-0.2, -0.15) is 0 Å². The number of carbonyl (C=O) groups excluding carboxylic acids is 2. The highest BCUT2D eigenvalue weighted by molar-refractivity contribution is 5.95. The van der Waals surface area contributed by atoms with Gasteiger partial charge >= 0.3 is 6.09 Å². The van der Waals surface area contributed by atoms with Crippen LogP contribution in [0.1, 0.15) is 22.3 Å². The smallest absolute Gasteiger partial charge is 0.407 e. The van der Waals surface area contributed by atoms with E-state index in [1.54, 1.807) is 0 Å². The summed E-state index contributed by atoms with van der Waals surface area (Å²) in [5, 5.41) is 2.75. The van der Waals surface area contributed by atoms with Crippen molar-refractivity contribution in [3.05, 3.63) is 65.5 Å². The minimum atomic E-state index is -0.598. The predicted molar refractivity (Wildman–Crippen MR) is 97.0 cm³/mol. The van der Waals surface area contributed by atoms with Crippen LogP contribution < -0.4 is 10.1 Å². The van der Waals surface area contributed by atoms with Crippen molar-refractivity contribution in [3.8, 4) is 5.75 Å². The molecule has 0 aliphatic carbocycles. The van der Waals surface area contributed by atoms with E-state index in [9.17, 15) is 14.0 Å². The molecule has 6 nitrogen and oxygen atoms in total. The summed E-state index contributed by atoms with van der Waals surface area (Å²) in [5.74, 6) is -0.606. The van der Waals surface area contributed by atoms with E-state index in [0.717, 1.165) is 5.56 Å². The van der Waals surface area contributed by atoms with Crippen molar-refractivity contribution in [2.24, 2.45) is 0 Å². The molecule has 1 aliphatic heterocycles. The number of nitrogens with zero attached hydrogens (tertiary/aromatic N) is 1. The van der Waals surface area contributed by atoms with Crippen LogP contribution in [0.2, 0.25) is 0 Å². The number of carbonyl (C=O) groups is 2. The molecule has 0 aromatic heterocycles. The molecule has 1 saturated heterocycles. The molecule has 27 heavy (non-hydrogen) atoms. The summed E-state index contributed by atoms with van der Waals surface area (Å²) in [5.41, 5.74) is 0.853. The van der Waals surface area contributed by atoms with Gasteiger partial charge in [0.05, 0.1) is 18.7 Å². The number of methoxy groups -OCH3 is 1. The van der Waals surface area contributed by atoms with Crippen LogP contribution in [0, 0.1) is 5.82 Å². The van der Waals surface area contributed by atoms with Gasteiger partial charge in [0, 0.05) is 13.1 Å². The lowest BCUT2D eigenvalue weighted by molar-refractivity contribution is 0.0782. The molecule has 0 unspecified atom stereocenters. The Morgan fingerprint density at radius 2 is 2.00 bits per heavy atom. The zero-order valence-corrected chi connectivity index (χ0v) is 15.0. The number of hydrogen-bond acceptors (Lipinski definition) is 4. The molecule has 0 bridgehead atoms. The topological polar surface area (TPSA) is 67.9 Å². The average Bonchev–Trinajstić information content (AvgIpc) is 3.15. The van der Waals surface area contributed by atoms with Gasteiger partial charge in [-0.15, -0.1) is 0 Å². The molecule has 1 atom stereocenters. The number of amides is 2. The van der Waals surface area contributed by atoms with Crippen LogP contribution in [-0.4, -0.2) is 43.1 Å². The van der Waals surface area contributed by atoms with Crippen molar-refractivity contribution in [2.45, 2.75) is 19.1 Å². The summed E-state index contributed by atoms with van der Waals surface area (Å²) in [6.45, 7) is 0.909. The zero-order chi connectivity index (χ0) is 19.2. The summed E-state index contributed by atoms with van der Waals surface area (Å²) in [6, 6.07) is 13.2. The van der Waals surface area contributed by atoms with Crippen molar-refractivity contribution >= 4 is 12.0 Å². The minimum Gasteiger partial charge on any atom is -0.497 e. The molecule has 3 rings (SSSR count). The molecule has 7 heteroatoms. The maximum absolute atomic E-state index is 14.0. The first-order chi connectivity index (χ1) is 13.1. The van der Waals surface area contributed by atoms with E-state index in [0.29, 0.717) is 25.3 Å². The first-order valence-corrected chi connectivity index (χ1v) is 8.67. The maximum atomic E-state index is 14.0. The average molecular weight is 372 g/mol. The number of ether oxygens (including phenoxy) is 2. The standard InChI is InChI=1S/C20H21FN2O4/c1-26-16-7-8-18(21)17(11-16)19(24)23-10-9-15(12-23)22-20(25)27-13-14-5-3-2-4-6-14/h2-8,11,15H,9-10,12-13H2,1H3,(H,22,25)/t15-/m1/s1. The van der Waals surface area contributed by atoms with Gasteiger partial charge in [0.25, 0.3) is 5.91 Å². The number of benzene rings is 2. The first kappa shape index (κ1) is 18.7. The van der Waals surface area contributed by atoms with Crippen molar-refractivity contribution < 1.29 is 23.5 Å². The third-order valence-corrected chi connectivity index (χ3v) is 4.41. The van der Waals surface area contributed by atoms with Crippen molar-refractivity contribution in [1.29, 1.82) is 0 Å². The molecule has 0 spiro atoms. The first-order valence-electron chi connectivity index (χ1n) is 8.67. The van der Waals surface area contributed by atoms with Crippen molar-refractivity contribution in [3.63, 3.8) is 0 Å². The van der Waals surface area contributed by atoms with Gasteiger partial charge in [0.2, 0.25) is 0 Å². The second-order valence-electron chi connectivity index (χ2n) is 6.29. The third kappa shape index (κ3) is 4.75. The lowest BCUT2D eigenvalue weighted by Crippen LogP contribution is -2.38. The fraction of sp³-hybridized carbons (Fsp3) is 0.300. The number of rotatable bonds is 5. The van der Waals surface area contributed by atoms with Crippen LogP contribution in [-0.2, 0) is 11.3 Å². The van der Waals surface area contributed by atoms with Gasteiger partial charge in [0.1, 0.15) is 18.2 Å². The Morgan fingerprint density at radius 3 is 2.74 bits per heavy atom. The van der Waals surface area contributed by atoms with E-state index in [-0.39, 0.29) is 18.2 Å². The molecule has 2 amide bonds. The van der Waals surface area contributed by atoms with Crippen molar-refractivity contribution in [2.75, 3.05) is 20.2 Å². The molecule has 142 valence electrons. The monoisotopic (exact) mass is 372 g/mol. The van der Waals surface area contributed by atoms with E-state index >= 15 is 0 Å². The van der Waals surface area contributed by atoms with Gasteiger partial charge in [-0.05, 0) is 30.2 Å². The van der Waals surface area contributed by atoms with E-state index in [1.165, 1.54) is 30.2 Å². The van der Waals surface area contributed by atoms with E-state index in [1.807, 2.05) is 30.3 Å². The Bertz CT molecular complexity index is 813. The maximum Gasteiger partial charge on any atom is 0.407 e. The summed E-state index contributed by atoms with van der Waals surface area (Å²) in [4.78, 5) is 26.0. The Labute approximate surface area is 156 Å². The van der Waals surface area contributed by atoms with Crippen LogP contribution >= 0.6 is 0 Å². The van der Waals surface area contributed by atoms with Crippen LogP contribution in [0.5, 0.6) is 5.75 Å². The second kappa shape index (κ2) is 8.53. The van der Waals surface area contributed by atoms with Crippen LogP contribution in [0.3, 0.4) is 0 Å². The molecule has 2 aromatic carbocycles. The Hall–Kier alpha value is -3.09. The highest BCUT2D eigenvalue weighted by Crippen LogP contribution is 2.20. The molecular weight excluding hydrogens is 351 g/mol. The van der Waals surface area contributed by atoms with Gasteiger partial charge in [0.15, 0.2) is 0 Å². The minimum absolute atomic E-state index is 0.0401. The SMILES string of the molecule is COc1ccc(F)c(C(=O)N2CC[C@@H](NC(=O)OCc3ccccc3)C2)c1. The van der Waals surface area contributed by atoms with Gasteiger partial charge in [-0.3, -0.25) is 4.79 Å². The fourth-order valence-corrected chi connectivity index (χ4v) is 2.96. The van der Waals surface area contributed by atoms with Crippen LogP contribution in [0.4, 0.5) is 9.18 Å². The van der Waals surface area contributed by atoms with E-state index in [4.69, 9.17) is 9.47 Å².